The predicted molar refractivity (Wildman–Crippen MR) is 123 cm³/mol. The van der Waals surface area contributed by atoms with Crippen LogP contribution in [0.25, 0.3) is 0 Å². The summed E-state index contributed by atoms with van der Waals surface area (Å²) in [6.07, 6.45) is 2.06. The molecule has 0 amide bonds. The third kappa shape index (κ3) is 3.69. The maximum absolute atomic E-state index is 13.7. The standard InChI is InChI=1S/C25H30N2O7/c1-13-21(30)19(15(3)28)23-20(22(13)31)25(4)17(34-23)12-16(29)18(24(25)32)14(2)26-6-5-7-27-8-10-33-11-9-27/h12,26,30-31H,5-11H2,1-4H3/b18-14+/t25-/m1/s1. The summed E-state index contributed by atoms with van der Waals surface area (Å²) in [6, 6.07) is 0. The first-order valence-electron chi connectivity index (χ1n) is 11.4. The van der Waals surface area contributed by atoms with Crippen molar-refractivity contribution in [3.8, 4) is 17.2 Å². The number of nitrogens with one attached hydrogen (secondary N) is 1. The van der Waals surface area contributed by atoms with E-state index in [4.69, 9.17) is 9.47 Å². The van der Waals surface area contributed by atoms with E-state index in [0.717, 1.165) is 39.3 Å². The van der Waals surface area contributed by atoms with Gasteiger partial charge in [0.2, 0.25) is 0 Å². The lowest BCUT2D eigenvalue weighted by atomic mass is 9.70. The van der Waals surface area contributed by atoms with Gasteiger partial charge in [-0.2, -0.15) is 0 Å². The molecule has 2 aliphatic heterocycles. The number of ether oxygens (including phenoxy) is 2. The van der Waals surface area contributed by atoms with E-state index in [0.29, 0.717) is 12.2 Å². The number of phenolic OH excluding ortho intramolecular Hbond substituents is 2. The summed E-state index contributed by atoms with van der Waals surface area (Å²) >= 11 is 0. The van der Waals surface area contributed by atoms with Crippen LogP contribution in [0.1, 0.15) is 48.7 Å². The average molecular weight is 471 g/mol. The smallest absolute Gasteiger partial charge is 0.194 e. The molecule has 1 fully saturated rings. The fourth-order valence-electron chi connectivity index (χ4n) is 4.85. The second kappa shape index (κ2) is 8.88. The lowest BCUT2D eigenvalue weighted by molar-refractivity contribution is -0.123. The van der Waals surface area contributed by atoms with Gasteiger partial charge in [-0.15, -0.1) is 0 Å². The van der Waals surface area contributed by atoms with Crippen LogP contribution in [0.4, 0.5) is 0 Å². The van der Waals surface area contributed by atoms with E-state index in [-0.39, 0.29) is 39.5 Å². The number of nitrogens with zero attached hydrogens (tertiary/aromatic N) is 1. The highest BCUT2D eigenvalue weighted by Crippen LogP contribution is 2.57. The Kier molecular flexibility index (Phi) is 6.26. The molecule has 0 radical (unpaired) electrons. The lowest BCUT2D eigenvalue weighted by Gasteiger charge is -2.29. The summed E-state index contributed by atoms with van der Waals surface area (Å²) in [5, 5.41) is 24.5. The zero-order valence-electron chi connectivity index (χ0n) is 19.9. The maximum atomic E-state index is 13.7. The quantitative estimate of drug-likeness (QED) is 0.247. The highest BCUT2D eigenvalue weighted by Gasteiger charge is 2.56. The first-order valence-corrected chi connectivity index (χ1v) is 11.4. The lowest BCUT2D eigenvalue weighted by Crippen LogP contribution is -2.41. The molecule has 9 nitrogen and oxygen atoms in total. The molecule has 34 heavy (non-hydrogen) atoms. The number of benzene rings is 1. The van der Waals surface area contributed by atoms with Crippen LogP contribution in [0.3, 0.4) is 0 Å². The minimum Gasteiger partial charge on any atom is -0.507 e. The number of hydrogen-bond donors (Lipinski definition) is 3. The first kappa shape index (κ1) is 24.0. The van der Waals surface area contributed by atoms with E-state index in [1.165, 1.54) is 19.9 Å². The number of carbonyl (C=O) groups is 3. The maximum Gasteiger partial charge on any atom is 0.194 e. The summed E-state index contributed by atoms with van der Waals surface area (Å²) < 4.78 is 11.1. The molecule has 0 spiro atoms. The van der Waals surface area contributed by atoms with Crippen LogP contribution in [-0.2, 0) is 19.7 Å². The monoisotopic (exact) mass is 470 g/mol. The van der Waals surface area contributed by atoms with Crippen LogP contribution in [0.5, 0.6) is 17.2 Å². The van der Waals surface area contributed by atoms with Gasteiger partial charge in [-0.3, -0.25) is 19.3 Å². The number of phenols is 2. The number of Topliss-reactive ketones (excluding diaryl/α,β-unsaturated/α-hetero) is 2. The zero-order valence-corrected chi connectivity index (χ0v) is 19.9. The van der Waals surface area contributed by atoms with Crippen LogP contribution in [0, 0.1) is 6.92 Å². The molecule has 1 atom stereocenters. The van der Waals surface area contributed by atoms with Gasteiger partial charge in [-0.1, -0.05) is 0 Å². The largest absolute Gasteiger partial charge is 0.507 e. The molecule has 0 unspecified atom stereocenters. The topological polar surface area (TPSA) is 125 Å². The molecule has 1 saturated heterocycles. The van der Waals surface area contributed by atoms with Crippen molar-refractivity contribution < 1.29 is 34.1 Å². The number of fused-ring (bicyclic) bond motifs is 3. The molecule has 1 aliphatic carbocycles. The fourth-order valence-corrected chi connectivity index (χ4v) is 4.85. The van der Waals surface area contributed by atoms with Crippen molar-refractivity contribution in [2.75, 3.05) is 39.4 Å². The number of aromatic hydroxyl groups is 2. The van der Waals surface area contributed by atoms with Gasteiger partial charge in [0, 0.05) is 37.0 Å². The fraction of sp³-hybridized carbons (Fsp3) is 0.480. The van der Waals surface area contributed by atoms with E-state index in [2.05, 4.69) is 10.2 Å². The Bertz CT molecular complexity index is 1140. The molecule has 2 heterocycles. The van der Waals surface area contributed by atoms with Crippen molar-refractivity contribution in [1.29, 1.82) is 0 Å². The van der Waals surface area contributed by atoms with Gasteiger partial charge in [0.15, 0.2) is 17.3 Å². The Labute approximate surface area is 198 Å². The number of ketones is 3. The molecule has 3 N–H and O–H groups in total. The third-order valence-electron chi connectivity index (χ3n) is 6.90. The summed E-state index contributed by atoms with van der Waals surface area (Å²) in [4.78, 5) is 41.2. The van der Waals surface area contributed by atoms with E-state index in [1.54, 1.807) is 13.8 Å². The second-order valence-corrected chi connectivity index (χ2v) is 9.12. The van der Waals surface area contributed by atoms with E-state index in [1.807, 2.05) is 0 Å². The Balaban J connectivity index is 1.65. The molecule has 1 aromatic carbocycles. The highest BCUT2D eigenvalue weighted by molar-refractivity contribution is 6.31. The normalized spacial score (nSPS) is 23.7. The Morgan fingerprint density at radius 2 is 1.85 bits per heavy atom. The van der Waals surface area contributed by atoms with Crippen molar-refractivity contribution in [1.82, 2.24) is 10.2 Å². The van der Waals surface area contributed by atoms with Gasteiger partial charge >= 0.3 is 0 Å². The summed E-state index contributed by atoms with van der Waals surface area (Å²) in [7, 11) is 0. The van der Waals surface area contributed by atoms with Gasteiger partial charge in [-0.25, -0.2) is 0 Å². The molecule has 9 heteroatoms. The molecular weight excluding hydrogens is 440 g/mol. The number of morpholine rings is 1. The van der Waals surface area contributed by atoms with Gasteiger partial charge in [0.1, 0.15) is 34.0 Å². The van der Waals surface area contributed by atoms with Crippen LogP contribution >= 0.6 is 0 Å². The second-order valence-electron chi connectivity index (χ2n) is 9.12. The molecule has 3 aliphatic rings. The predicted octanol–water partition coefficient (Wildman–Crippen LogP) is 1.88. The van der Waals surface area contributed by atoms with Crippen LogP contribution in [0.2, 0.25) is 0 Å². The molecule has 0 bridgehead atoms. The summed E-state index contributed by atoms with van der Waals surface area (Å²) in [5.74, 6) is -2.30. The summed E-state index contributed by atoms with van der Waals surface area (Å²) in [6.45, 7) is 10.7. The van der Waals surface area contributed by atoms with Gasteiger partial charge in [0.05, 0.1) is 24.4 Å². The van der Waals surface area contributed by atoms with Crippen molar-refractivity contribution in [2.24, 2.45) is 0 Å². The Hall–Kier alpha value is -3.17. The molecule has 182 valence electrons. The minimum absolute atomic E-state index is 0.0106. The van der Waals surface area contributed by atoms with Gasteiger partial charge < -0.3 is 25.0 Å². The molecule has 0 saturated carbocycles. The van der Waals surface area contributed by atoms with Crippen molar-refractivity contribution in [2.45, 2.75) is 39.5 Å². The Morgan fingerprint density at radius 1 is 1.18 bits per heavy atom. The SMILES string of the molecule is CC(=O)c1c(O)c(C)c(O)c2c1OC1=CC(=O)/C(=C(/C)NCCCN3CCOCC3)C(=O)[C@]12C. The van der Waals surface area contributed by atoms with Crippen LogP contribution < -0.4 is 10.1 Å². The number of carbonyl (C=O) groups excluding carboxylic acids is 3. The van der Waals surface area contributed by atoms with Gasteiger partial charge in [-0.05, 0) is 40.7 Å². The minimum atomic E-state index is -1.50. The third-order valence-corrected chi connectivity index (χ3v) is 6.90. The first-order chi connectivity index (χ1) is 16.1. The van der Waals surface area contributed by atoms with Gasteiger partial charge in [0.25, 0.3) is 0 Å². The van der Waals surface area contributed by atoms with Crippen molar-refractivity contribution in [3.05, 3.63) is 39.8 Å². The average Bonchev–Trinajstić information content (AvgIpc) is 3.09. The molecule has 4 rings (SSSR count). The van der Waals surface area contributed by atoms with Crippen molar-refractivity contribution in [3.63, 3.8) is 0 Å². The molecule has 1 aromatic rings. The van der Waals surface area contributed by atoms with Crippen LogP contribution in [0.15, 0.2) is 23.1 Å². The summed E-state index contributed by atoms with van der Waals surface area (Å²) in [5.41, 5.74) is -1.02. The number of rotatable bonds is 6. The van der Waals surface area contributed by atoms with Crippen LogP contribution in [-0.4, -0.2) is 71.9 Å². The van der Waals surface area contributed by atoms with E-state index in [9.17, 15) is 24.6 Å². The zero-order chi connectivity index (χ0) is 24.8. The van der Waals surface area contributed by atoms with E-state index < -0.39 is 28.5 Å². The highest BCUT2D eigenvalue weighted by atomic mass is 16.5. The Morgan fingerprint density at radius 3 is 2.50 bits per heavy atom. The number of hydrogen-bond acceptors (Lipinski definition) is 9. The molecular formula is C25H30N2O7. The van der Waals surface area contributed by atoms with E-state index >= 15 is 0 Å². The van der Waals surface area contributed by atoms with Crippen molar-refractivity contribution >= 4 is 17.3 Å². The molecule has 0 aromatic heterocycles. The number of allylic oxidation sites excluding steroid dienone is 4.